The molecule has 0 aliphatic heterocycles. The Morgan fingerprint density at radius 3 is 2.34 bits per heavy atom. The molecule has 4 aromatic carbocycles. The zero-order chi connectivity index (χ0) is 29.4. The van der Waals surface area contributed by atoms with Crippen molar-refractivity contribution < 1.29 is 22.7 Å². The molecule has 0 aliphatic carbocycles. The number of hydrogen-bond donors (Lipinski definition) is 1. The third-order valence-corrected chi connectivity index (χ3v) is 8.34. The number of carbonyl (C=O) groups is 1. The Hall–Kier alpha value is -4.63. The van der Waals surface area contributed by atoms with Gasteiger partial charge in [-0.2, -0.15) is 5.10 Å². The maximum Gasteiger partial charge on any atom is 0.264 e. The smallest absolute Gasteiger partial charge is 0.264 e. The van der Waals surface area contributed by atoms with Crippen LogP contribution in [0.15, 0.2) is 101 Å². The molecule has 0 radical (unpaired) electrons. The number of rotatable bonds is 11. The van der Waals surface area contributed by atoms with Gasteiger partial charge in [0, 0.05) is 0 Å². The number of nitrogens with zero attached hydrogens (tertiary/aromatic N) is 2. The van der Waals surface area contributed by atoms with E-state index in [9.17, 15) is 13.2 Å². The molecule has 0 bridgehead atoms. The number of hydrazone groups is 1. The van der Waals surface area contributed by atoms with Crippen molar-refractivity contribution in [1.29, 1.82) is 0 Å². The standard InChI is InChI=1S/C32H33N3O5S/c1-23-13-16-28(17-14-23)41(37,38)35(29-12-8-9-24(2)25(29)3)21-32(36)34-33-20-27-15-18-30(31(19-27)39-4)40-22-26-10-6-5-7-11-26/h5-20H,21-22H2,1-4H3,(H,34,36)/b33-20-. The van der Waals surface area contributed by atoms with Crippen LogP contribution in [-0.4, -0.2) is 34.2 Å². The van der Waals surface area contributed by atoms with Gasteiger partial charge in [-0.25, -0.2) is 13.8 Å². The summed E-state index contributed by atoms with van der Waals surface area (Å²) in [6.07, 6.45) is 1.46. The molecule has 0 aliphatic rings. The van der Waals surface area contributed by atoms with Gasteiger partial charge in [-0.05, 0) is 79.4 Å². The Morgan fingerprint density at radius 1 is 0.902 bits per heavy atom. The lowest BCUT2D eigenvalue weighted by Crippen LogP contribution is -2.40. The summed E-state index contributed by atoms with van der Waals surface area (Å²) in [6.45, 7) is 5.55. The molecule has 0 fully saturated rings. The lowest BCUT2D eigenvalue weighted by molar-refractivity contribution is -0.119. The monoisotopic (exact) mass is 571 g/mol. The molecule has 9 heteroatoms. The molecule has 0 atom stereocenters. The highest BCUT2D eigenvalue weighted by Gasteiger charge is 2.28. The molecule has 0 spiro atoms. The lowest BCUT2D eigenvalue weighted by Gasteiger charge is -2.26. The molecule has 0 aromatic heterocycles. The minimum absolute atomic E-state index is 0.0991. The molecule has 4 aromatic rings. The fraction of sp³-hybridized carbons (Fsp3) is 0.188. The third kappa shape index (κ3) is 7.32. The Labute approximate surface area is 241 Å². The van der Waals surface area contributed by atoms with E-state index >= 15 is 0 Å². The number of nitrogens with one attached hydrogen (secondary N) is 1. The first-order valence-corrected chi connectivity index (χ1v) is 14.5. The molecule has 212 valence electrons. The van der Waals surface area contributed by atoms with Gasteiger partial charge in [-0.3, -0.25) is 9.10 Å². The Kier molecular flexibility index (Phi) is 9.41. The molecule has 0 saturated heterocycles. The van der Waals surface area contributed by atoms with E-state index in [2.05, 4.69) is 10.5 Å². The number of carbonyl (C=O) groups excluding carboxylic acids is 1. The van der Waals surface area contributed by atoms with Crippen molar-refractivity contribution in [2.24, 2.45) is 5.10 Å². The van der Waals surface area contributed by atoms with Gasteiger partial charge in [0.25, 0.3) is 15.9 Å². The van der Waals surface area contributed by atoms with Crippen LogP contribution in [0.4, 0.5) is 5.69 Å². The number of hydrogen-bond acceptors (Lipinski definition) is 6. The summed E-state index contributed by atoms with van der Waals surface area (Å²) < 4.78 is 39.8. The highest BCUT2D eigenvalue weighted by molar-refractivity contribution is 7.92. The highest BCUT2D eigenvalue weighted by atomic mass is 32.2. The van der Waals surface area contributed by atoms with Crippen LogP contribution in [0.1, 0.15) is 27.8 Å². The maximum atomic E-state index is 13.7. The Morgan fingerprint density at radius 2 is 1.63 bits per heavy atom. The van der Waals surface area contributed by atoms with Gasteiger partial charge in [0.15, 0.2) is 11.5 Å². The fourth-order valence-electron chi connectivity index (χ4n) is 4.11. The van der Waals surface area contributed by atoms with Gasteiger partial charge in [-0.1, -0.05) is 60.2 Å². The molecule has 4 rings (SSSR count). The number of sulfonamides is 1. The summed E-state index contributed by atoms with van der Waals surface area (Å²) in [7, 11) is -2.49. The maximum absolute atomic E-state index is 13.7. The van der Waals surface area contributed by atoms with Crippen molar-refractivity contribution in [2.75, 3.05) is 18.0 Å². The molecule has 0 saturated carbocycles. The predicted molar refractivity (Wildman–Crippen MR) is 161 cm³/mol. The molecule has 0 heterocycles. The first kappa shape index (κ1) is 29.4. The molecule has 0 unspecified atom stereocenters. The van der Waals surface area contributed by atoms with Crippen LogP contribution >= 0.6 is 0 Å². The average Bonchev–Trinajstić information content (AvgIpc) is 2.97. The van der Waals surface area contributed by atoms with Crippen molar-refractivity contribution in [2.45, 2.75) is 32.3 Å². The normalized spacial score (nSPS) is 11.3. The van der Waals surface area contributed by atoms with Crippen molar-refractivity contribution in [3.05, 3.63) is 119 Å². The molecular formula is C32H33N3O5S. The predicted octanol–water partition coefficient (Wildman–Crippen LogP) is 5.55. The quantitative estimate of drug-likeness (QED) is 0.188. The average molecular weight is 572 g/mol. The van der Waals surface area contributed by atoms with Crippen LogP contribution in [0.3, 0.4) is 0 Å². The van der Waals surface area contributed by atoms with Crippen molar-refractivity contribution >= 4 is 27.8 Å². The zero-order valence-electron chi connectivity index (χ0n) is 23.5. The number of benzene rings is 4. The third-order valence-electron chi connectivity index (χ3n) is 6.57. The summed E-state index contributed by atoms with van der Waals surface area (Å²) in [5.41, 5.74) is 7.18. The summed E-state index contributed by atoms with van der Waals surface area (Å²) in [4.78, 5) is 13.1. The van der Waals surface area contributed by atoms with Crippen molar-refractivity contribution in [1.82, 2.24) is 5.43 Å². The highest BCUT2D eigenvalue weighted by Crippen LogP contribution is 2.29. The SMILES string of the molecule is COc1cc(/C=N\NC(=O)CN(c2cccc(C)c2C)S(=O)(=O)c2ccc(C)cc2)ccc1OCc1ccccc1. The Balaban J connectivity index is 1.49. The number of aryl methyl sites for hydroxylation is 2. The summed E-state index contributed by atoms with van der Waals surface area (Å²) >= 11 is 0. The summed E-state index contributed by atoms with van der Waals surface area (Å²) in [5.74, 6) is 0.497. The van der Waals surface area contributed by atoms with Gasteiger partial charge in [-0.15, -0.1) is 0 Å². The molecule has 1 N–H and O–H groups in total. The second-order valence-corrected chi connectivity index (χ2v) is 11.4. The van der Waals surface area contributed by atoms with Crippen LogP contribution in [0, 0.1) is 20.8 Å². The number of amides is 1. The van der Waals surface area contributed by atoms with E-state index in [-0.39, 0.29) is 4.90 Å². The fourth-order valence-corrected chi connectivity index (χ4v) is 5.58. The van der Waals surface area contributed by atoms with Crippen LogP contribution < -0.4 is 19.2 Å². The van der Waals surface area contributed by atoms with Crippen molar-refractivity contribution in [3.8, 4) is 11.5 Å². The van der Waals surface area contributed by atoms with Gasteiger partial charge in [0.05, 0.1) is 23.9 Å². The molecule has 8 nitrogen and oxygen atoms in total. The van der Waals surface area contributed by atoms with Gasteiger partial charge in [0.1, 0.15) is 13.2 Å². The van der Waals surface area contributed by atoms with E-state index in [0.717, 1.165) is 26.6 Å². The lowest BCUT2D eigenvalue weighted by atomic mass is 10.1. The van der Waals surface area contributed by atoms with Crippen LogP contribution in [0.25, 0.3) is 0 Å². The van der Waals surface area contributed by atoms with Gasteiger partial charge in [0.2, 0.25) is 0 Å². The van der Waals surface area contributed by atoms with E-state index in [1.807, 2.05) is 57.2 Å². The first-order chi connectivity index (χ1) is 19.7. The number of methoxy groups -OCH3 is 1. The second-order valence-electron chi connectivity index (χ2n) is 9.52. The second kappa shape index (κ2) is 13.1. The van der Waals surface area contributed by atoms with E-state index in [1.165, 1.54) is 6.21 Å². The van der Waals surface area contributed by atoms with Gasteiger partial charge >= 0.3 is 0 Å². The summed E-state index contributed by atoms with van der Waals surface area (Å²) in [6, 6.07) is 27.0. The molecular weight excluding hydrogens is 538 g/mol. The van der Waals surface area contributed by atoms with E-state index < -0.39 is 22.5 Å². The number of anilines is 1. The minimum atomic E-state index is -4.03. The molecule has 1 amide bonds. The van der Waals surface area contributed by atoms with E-state index in [0.29, 0.717) is 29.4 Å². The largest absolute Gasteiger partial charge is 0.493 e. The van der Waals surface area contributed by atoms with Crippen LogP contribution in [0.5, 0.6) is 11.5 Å². The van der Waals surface area contributed by atoms with Crippen molar-refractivity contribution in [3.63, 3.8) is 0 Å². The Bertz CT molecular complexity index is 1640. The molecule has 41 heavy (non-hydrogen) atoms. The number of ether oxygens (including phenoxy) is 2. The van der Waals surface area contributed by atoms with E-state index in [1.54, 1.807) is 61.7 Å². The zero-order valence-corrected chi connectivity index (χ0v) is 24.3. The van der Waals surface area contributed by atoms with Gasteiger partial charge < -0.3 is 9.47 Å². The topological polar surface area (TPSA) is 97.3 Å². The minimum Gasteiger partial charge on any atom is -0.493 e. The first-order valence-electron chi connectivity index (χ1n) is 13.0. The van der Waals surface area contributed by atoms with E-state index in [4.69, 9.17) is 9.47 Å². The van der Waals surface area contributed by atoms with Crippen LogP contribution in [0.2, 0.25) is 0 Å². The van der Waals surface area contributed by atoms with Crippen LogP contribution in [-0.2, 0) is 21.4 Å². The summed E-state index contributed by atoms with van der Waals surface area (Å²) in [5, 5.41) is 4.05.